The number of ether oxygens (including phenoxy) is 2. The minimum atomic E-state index is -0.256. The van der Waals surface area contributed by atoms with Crippen molar-refractivity contribution >= 4 is 5.95 Å². The maximum atomic E-state index is 13.0. The fraction of sp³-hybridized carbons (Fsp3) is 0.158. The number of hydrogen-bond donors (Lipinski definition) is 1. The predicted molar refractivity (Wildman–Crippen MR) is 94.3 cm³/mol. The van der Waals surface area contributed by atoms with Gasteiger partial charge in [0.1, 0.15) is 17.3 Å². The molecule has 0 amide bonds. The topological polar surface area (TPSA) is 56.3 Å². The van der Waals surface area contributed by atoms with E-state index in [-0.39, 0.29) is 5.82 Å². The normalized spacial score (nSPS) is 10.4. The summed E-state index contributed by atoms with van der Waals surface area (Å²) in [7, 11) is 3.21. The Morgan fingerprint density at radius 1 is 1.00 bits per heavy atom. The molecule has 0 aliphatic rings. The van der Waals surface area contributed by atoms with Crippen LogP contribution in [0.25, 0.3) is 11.3 Å². The second-order valence-electron chi connectivity index (χ2n) is 5.31. The molecule has 0 unspecified atom stereocenters. The van der Waals surface area contributed by atoms with Crippen LogP contribution in [0.5, 0.6) is 11.5 Å². The van der Waals surface area contributed by atoms with Crippen molar-refractivity contribution in [3.8, 4) is 22.8 Å². The molecule has 1 N–H and O–H groups in total. The number of hydrogen-bond acceptors (Lipinski definition) is 5. The maximum absolute atomic E-state index is 13.0. The molecule has 1 aromatic heterocycles. The molecule has 0 bridgehead atoms. The van der Waals surface area contributed by atoms with Crippen LogP contribution in [0.1, 0.15) is 5.56 Å². The second kappa shape index (κ2) is 7.61. The zero-order valence-electron chi connectivity index (χ0n) is 14.0. The first-order valence-corrected chi connectivity index (χ1v) is 7.73. The minimum Gasteiger partial charge on any atom is -0.497 e. The summed E-state index contributed by atoms with van der Waals surface area (Å²) in [4.78, 5) is 8.75. The summed E-state index contributed by atoms with van der Waals surface area (Å²) in [6, 6.07) is 13.7. The second-order valence-corrected chi connectivity index (χ2v) is 5.31. The van der Waals surface area contributed by atoms with E-state index < -0.39 is 0 Å². The van der Waals surface area contributed by atoms with Crippen molar-refractivity contribution in [3.05, 3.63) is 66.1 Å². The molecule has 3 rings (SSSR count). The number of nitrogens with zero attached hydrogens (tertiary/aromatic N) is 2. The van der Waals surface area contributed by atoms with E-state index in [1.54, 1.807) is 32.5 Å². The van der Waals surface area contributed by atoms with Crippen molar-refractivity contribution in [2.75, 3.05) is 19.5 Å². The lowest BCUT2D eigenvalue weighted by molar-refractivity contribution is 0.395. The molecule has 0 aliphatic carbocycles. The highest BCUT2D eigenvalue weighted by molar-refractivity contribution is 5.69. The van der Waals surface area contributed by atoms with Crippen LogP contribution in [0.15, 0.2) is 54.7 Å². The monoisotopic (exact) mass is 339 g/mol. The van der Waals surface area contributed by atoms with Gasteiger partial charge in [-0.25, -0.2) is 14.4 Å². The number of rotatable bonds is 6. The van der Waals surface area contributed by atoms with Crippen molar-refractivity contribution in [2.24, 2.45) is 0 Å². The fourth-order valence-corrected chi connectivity index (χ4v) is 2.39. The highest BCUT2D eigenvalue weighted by Crippen LogP contribution is 2.32. The summed E-state index contributed by atoms with van der Waals surface area (Å²) >= 11 is 0. The molecule has 0 spiro atoms. The molecule has 0 aliphatic heterocycles. The lowest BCUT2D eigenvalue weighted by Gasteiger charge is -2.11. The summed E-state index contributed by atoms with van der Waals surface area (Å²) in [6.45, 7) is 0.503. The van der Waals surface area contributed by atoms with Crippen LogP contribution >= 0.6 is 0 Å². The third kappa shape index (κ3) is 4.03. The molecule has 0 saturated carbocycles. The Bertz CT molecular complexity index is 854. The Kier molecular flexibility index (Phi) is 5.09. The number of benzene rings is 2. The van der Waals surface area contributed by atoms with Crippen molar-refractivity contribution < 1.29 is 13.9 Å². The SMILES string of the molecule is COc1ccc(-c2ccnc(NCc3ccc(F)cc3)n2)c(OC)c1. The van der Waals surface area contributed by atoms with Crippen LogP contribution in [-0.2, 0) is 6.54 Å². The third-order valence-electron chi connectivity index (χ3n) is 3.70. The van der Waals surface area contributed by atoms with Gasteiger partial charge in [0, 0.05) is 24.4 Å². The van der Waals surface area contributed by atoms with Crippen LogP contribution in [0, 0.1) is 5.82 Å². The van der Waals surface area contributed by atoms with E-state index >= 15 is 0 Å². The van der Waals surface area contributed by atoms with Gasteiger partial charge in [-0.05, 0) is 35.9 Å². The standard InChI is InChI=1S/C19H18FN3O2/c1-24-15-7-8-16(18(11-15)25-2)17-9-10-21-19(23-17)22-12-13-3-5-14(20)6-4-13/h3-11H,12H2,1-2H3,(H,21,22,23). The van der Waals surface area contributed by atoms with Gasteiger partial charge in [-0.3, -0.25) is 0 Å². The molecule has 2 aromatic carbocycles. The predicted octanol–water partition coefficient (Wildman–Crippen LogP) is 3.91. The van der Waals surface area contributed by atoms with Crippen LogP contribution in [0.4, 0.5) is 10.3 Å². The summed E-state index contributed by atoms with van der Waals surface area (Å²) in [5, 5.41) is 3.14. The van der Waals surface area contributed by atoms with Crippen LogP contribution in [-0.4, -0.2) is 24.2 Å². The van der Waals surface area contributed by atoms with Gasteiger partial charge in [-0.15, -0.1) is 0 Å². The van der Waals surface area contributed by atoms with Gasteiger partial charge in [-0.2, -0.15) is 0 Å². The van der Waals surface area contributed by atoms with E-state index in [0.29, 0.717) is 24.0 Å². The van der Waals surface area contributed by atoms with E-state index in [2.05, 4.69) is 15.3 Å². The van der Waals surface area contributed by atoms with Gasteiger partial charge >= 0.3 is 0 Å². The quantitative estimate of drug-likeness (QED) is 0.738. The number of aromatic nitrogens is 2. The van der Waals surface area contributed by atoms with Gasteiger partial charge < -0.3 is 14.8 Å². The van der Waals surface area contributed by atoms with Crippen molar-refractivity contribution in [2.45, 2.75) is 6.54 Å². The van der Waals surface area contributed by atoms with Crippen molar-refractivity contribution in [1.82, 2.24) is 9.97 Å². The number of halogens is 1. The van der Waals surface area contributed by atoms with Gasteiger partial charge in [0.05, 0.1) is 19.9 Å². The van der Waals surface area contributed by atoms with E-state index in [4.69, 9.17) is 9.47 Å². The third-order valence-corrected chi connectivity index (χ3v) is 3.70. The first-order valence-electron chi connectivity index (χ1n) is 7.73. The highest BCUT2D eigenvalue weighted by atomic mass is 19.1. The van der Waals surface area contributed by atoms with Gasteiger partial charge in [0.25, 0.3) is 0 Å². The smallest absolute Gasteiger partial charge is 0.223 e. The number of anilines is 1. The zero-order valence-corrected chi connectivity index (χ0v) is 14.0. The summed E-state index contributed by atoms with van der Waals surface area (Å²) in [5.74, 6) is 1.61. The molecule has 5 nitrogen and oxygen atoms in total. The Labute approximate surface area is 145 Å². The summed E-state index contributed by atoms with van der Waals surface area (Å²) in [6.07, 6.45) is 1.68. The van der Waals surface area contributed by atoms with Crippen molar-refractivity contribution in [1.29, 1.82) is 0 Å². The molecule has 1 heterocycles. The van der Waals surface area contributed by atoms with Gasteiger partial charge in [-0.1, -0.05) is 12.1 Å². The summed E-state index contributed by atoms with van der Waals surface area (Å²) in [5.41, 5.74) is 2.52. The average molecular weight is 339 g/mol. The van der Waals surface area contributed by atoms with Crippen molar-refractivity contribution in [3.63, 3.8) is 0 Å². The molecule has 6 heteroatoms. The van der Waals surface area contributed by atoms with E-state index in [1.165, 1.54) is 12.1 Å². The molecule has 128 valence electrons. The van der Waals surface area contributed by atoms with Crippen LogP contribution in [0.3, 0.4) is 0 Å². The molecule has 0 fully saturated rings. The van der Waals surface area contributed by atoms with Crippen LogP contribution in [0.2, 0.25) is 0 Å². The largest absolute Gasteiger partial charge is 0.497 e. The lowest BCUT2D eigenvalue weighted by atomic mass is 10.1. The lowest BCUT2D eigenvalue weighted by Crippen LogP contribution is -2.04. The molecular weight excluding hydrogens is 321 g/mol. The maximum Gasteiger partial charge on any atom is 0.223 e. The molecular formula is C19H18FN3O2. The van der Waals surface area contributed by atoms with E-state index in [9.17, 15) is 4.39 Å². The Balaban J connectivity index is 1.80. The molecule has 0 saturated heterocycles. The van der Waals surface area contributed by atoms with E-state index in [0.717, 1.165) is 16.8 Å². The molecule has 25 heavy (non-hydrogen) atoms. The number of nitrogens with one attached hydrogen (secondary N) is 1. The van der Waals surface area contributed by atoms with Crippen LogP contribution < -0.4 is 14.8 Å². The molecule has 0 radical (unpaired) electrons. The Hall–Kier alpha value is -3.15. The summed E-state index contributed by atoms with van der Waals surface area (Å²) < 4.78 is 23.6. The highest BCUT2D eigenvalue weighted by Gasteiger charge is 2.10. The van der Waals surface area contributed by atoms with Gasteiger partial charge in [0.2, 0.25) is 5.95 Å². The molecule has 0 atom stereocenters. The number of methoxy groups -OCH3 is 2. The molecule has 3 aromatic rings. The average Bonchev–Trinajstić information content (AvgIpc) is 2.67. The zero-order chi connectivity index (χ0) is 17.6. The first-order chi connectivity index (χ1) is 12.2. The minimum absolute atomic E-state index is 0.256. The Morgan fingerprint density at radius 2 is 1.80 bits per heavy atom. The fourth-order valence-electron chi connectivity index (χ4n) is 2.39. The first kappa shape index (κ1) is 16.7. The van der Waals surface area contributed by atoms with E-state index in [1.807, 2.05) is 24.3 Å². The Morgan fingerprint density at radius 3 is 2.52 bits per heavy atom. The van der Waals surface area contributed by atoms with Gasteiger partial charge in [0.15, 0.2) is 0 Å².